The van der Waals surface area contributed by atoms with Gasteiger partial charge in [0.2, 0.25) is 0 Å². The molecule has 4 aromatic heterocycles. The molecule has 19 rings (SSSR count). The number of hydrogen-bond acceptors (Lipinski definition) is 0. The highest BCUT2D eigenvalue weighted by Gasteiger charge is 2.50. The van der Waals surface area contributed by atoms with Crippen molar-refractivity contribution in [3.63, 3.8) is 0 Å². The minimum atomic E-state index is -0.617. The molecule has 0 N–H and O–H groups in total. The van der Waals surface area contributed by atoms with Gasteiger partial charge in [-0.1, -0.05) is 267 Å². The number of nitrogens with zero attached hydrogens (tertiary/aromatic N) is 2. The highest BCUT2D eigenvalue weighted by molar-refractivity contribution is 6.41. The summed E-state index contributed by atoms with van der Waals surface area (Å²) in [5.74, 6) is 0. The van der Waals surface area contributed by atoms with Gasteiger partial charge in [0.1, 0.15) is 0 Å². The van der Waals surface area contributed by atoms with Crippen LogP contribution < -0.4 is 0 Å². The van der Waals surface area contributed by atoms with E-state index in [-0.39, 0.29) is 0 Å². The minimum Gasteiger partial charge on any atom is -0.307 e. The summed E-state index contributed by atoms with van der Waals surface area (Å²) in [6, 6.07) is 110. The fourth-order valence-electron chi connectivity index (χ4n) is 16.5. The monoisotopic (exact) mass is 1040 g/mol. The molecule has 0 spiro atoms. The molecule has 2 heteroatoms. The summed E-state index contributed by atoms with van der Waals surface area (Å²) in [7, 11) is 0. The number of benzene rings is 13. The van der Waals surface area contributed by atoms with Gasteiger partial charge in [0.15, 0.2) is 0 Å². The van der Waals surface area contributed by atoms with Crippen LogP contribution >= 0.6 is 0 Å². The van der Waals surface area contributed by atoms with Crippen molar-refractivity contribution in [1.82, 2.24) is 8.80 Å². The maximum atomic E-state index is 2.70. The predicted molar refractivity (Wildman–Crippen MR) is 341 cm³/mol. The van der Waals surface area contributed by atoms with Crippen molar-refractivity contribution in [3.8, 4) is 44.5 Å². The van der Waals surface area contributed by atoms with Crippen LogP contribution in [0.5, 0.6) is 0 Å². The molecule has 2 aliphatic carbocycles. The zero-order valence-corrected chi connectivity index (χ0v) is 44.6. The average Bonchev–Trinajstić information content (AvgIpc) is 1.64. The van der Waals surface area contributed by atoms with Gasteiger partial charge in [0, 0.05) is 54.2 Å². The summed E-state index contributed by atoms with van der Waals surface area (Å²) < 4.78 is 5.41. The van der Waals surface area contributed by atoms with Gasteiger partial charge in [-0.25, -0.2) is 0 Å². The van der Waals surface area contributed by atoms with Crippen LogP contribution in [-0.2, 0) is 10.8 Å². The van der Waals surface area contributed by atoms with Crippen molar-refractivity contribution in [3.05, 3.63) is 336 Å². The summed E-state index contributed by atoms with van der Waals surface area (Å²) in [6.07, 6.45) is 0. The molecular weight excluding hydrogens is 989 g/mol. The van der Waals surface area contributed by atoms with Crippen LogP contribution in [0, 0.1) is 0 Å². The second kappa shape index (κ2) is 16.1. The van der Waals surface area contributed by atoms with Gasteiger partial charge >= 0.3 is 0 Å². The predicted octanol–water partition coefficient (Wildman–Crippen LogP) is 20.0. The third-order valence-corrected chi connectivity index (χ3v) is 19.3. The van der Waals surface area contributed by atoms with Crippen molar-refractivity contribution >= 4 is 76.2 Å². The van der Waals surface area contributed by atoms with E-state index in [9.17, 15) is 0 Å². The summed E-state index contributed by atoms with van der Waals surface area (Å²) in [4.78, 5) is 0. The summed E-state index contributed by atoms with van der Waals surface area (Å²) in [5.41, 5.74) is 26.5. The lowest BCUT2D eigenvalue weighted by Crippen LogP contribution is -2.28. The van der Waals surface area contributed by atoms with Crippen molar-refractivity contribution in [2.45, 2.75) is 10.8 Å². The van der Waals surface area contributed by atoms with E-state index >= 15 is 0 Å². The second-order valence-electron chi connectivity index (χ2n) is 22.8. The third kappa shape index (κ3) is 5.23. The number of rotatable bonds is 6. The first-order valence-corrected chi connectivity index (χ1v) is 28.8. The number of fused-ring (bicyclic) bond motifs is 20. The zero-order valence-electron chi connectivity index (χ0n) is 44.6. The van der Waals surface area contributed by atoms with Crippen LogP contribution in [-0.4, -0.2) is 8.80 Å². The van der Waals surface area contributed by atoms with Gasteiger partial charge in [-0.05, 0) is 102 Å². The van der Waals surface area contributed by atoms with E-state index in [0.717, 1.165) is 0 Å². The molecule has 2 aliphatic rings. The Labute approximate surface area is 473 Å². The van der Waals surface area contributed by atoms with E-state index in [4.69, 9.17) is 0 Å². The van der Waals surface area contributed by atoms with E-state index in [1.165, 1.54) is 165 Å². The van der Waals surface area contributed by atoms with Gasteiger partial charge in [0.05, 0.1) is 43.9 Å². The Hall–Kier alpha value is -10.5. The molecule has 0 unspecified atom stereocenters. The molecule has 2 nitrogen and oxygen atoms in total. The molecule has 378 valence electrons. The summed E-state index contributed by atoms with van der Waals surface area (Å²) >= 11 is 0. The first kappa shape index (κ1) is 44.3. The smallest absolute Gasteiger partial charge is 0.0714 e. The molecule has 0 aliphatic heterocycles. The minimum absolute atomic E-state index is 0.617. The highest BCUT2D eigenvalue weighted by Crippen LogP contribution is 2.65. The van der Waals surface area contributed by atoms with Crippen LogP contribution in [0.15, 0.2) is 291 Å². The van der Waals surface area contributed by atoms with Crippen molar-refractivity contribution in [2.24, 2.45) is 0 Å². The molecule has 0 amide bonds. The van der Waals surface area contributed by atoms with Gasteiger partial charge in [-0.2, -0.15) is 0 Å². The van der Waals surface area contributed by atoms with Crippen LogP contribution in [0.1, 0.15) is 44.5 Å². The fourth-order valence-corrected chi connectivity index (χ4v) is 16.5. The maximum Gasteiger partial charge on any atom is 0.0714 e. The van der Waals surface area contributed by atoms with E-state index in [1.54, 1.807) is 0 Å². The Kier molecular flexibility index (Phi) is 8.69. The molecular formula is C80H48N2. The molecule has 0 bridgehead atoms. The summed E-state index contributed by atoms with van der Waals surface area (Å²) in [6.45, 7) is 0. The largest absolute Gasteiger partial charge is 0.307 e. The van der Waals surface area contributed by atoms with E-state index in [2.05, 4.69) is 300 Å². The first-order valence-electron chi connectivity index (χ1n) is 28.8. The Bertz CT molecular complexity index is 5040. The zero-order chi connectivity index (χ0) is 53.4. The van der Waals surface area contributed by atoms with Crippen molar-refractivity contribution in [1.29, 1.82) is 0 Å². The van der Waals surface area contributed by atoms with E-state index in [1.807, 2.05) is 0 Å². The van der Waals surface area contributed by atoms with Gasteiger partial charge in [-0.3, -0.25) is 0 Å². The van der Waals surface area contributed by atoms with E-state index < -0.39 is 10.8 Å². The van der Waals surface area contributed by atoms with Crippen LogP contribution in [0.4, 0.5) is 0 Å². The molecule has 0 saturated carbocycles. The number of aromatic nitrogens is 2. The lowest BCUT2D eigenvalue weighted by Gasteiger charge is -2.34. The molecule has 82 heavy (non-hydrogen) atoms. The fraction of sp³-hybridized carbons (Fsp3) is 0.0250. The Balaban J connectivity index is 1.14. The first-order chi connectivity index (χ1) is 40.8. The molecule has 4 heterocycles. The molecule has 13 aromatic carbocycles. The van der Waals surface area contributed by atoms with E-state index in [0.29, 0.717) is 0 Å². The van der Waals surface area contributed by atoms with Gasteiger partial charge in [-0.15, -0.1) is 0 Å². The molecule has 0 radical (unpaired) electrons. The maximum absolute atomic E-state index is 2.70. The lowest BCUT2D eigenvalue weighted by molar-refractivity contribution is 0.770. The Morgan fingerprint density at radius 3 is 0.878 bits per heavy atom. The van der Waals surface area contributed by atoms with Crippen LogP contribution in [0.25, 0.3) is 121 Å². The molecule has 0 atom stereocenters. The Morgan fingerprint density at radius 2 is 0.512 bits per heavy atom. The SMILES string of the molecule is c1ccc(-c2c3c4c5c(cc6c7ccccc7n(c3c(-c3ccccc3)c3c7c8c(cc9c%10ccccc%10n(c23)c97)C(c2ccccc2)(c2ccccc2)c2ccccc2-8)c64)C(c2ccccc2)(c2ccccc2)c2ccccc2-5)cc1. The summed E-state index contributed by atoms with van der Waals surface area (Å²) in [5, 5.41) is 10.2. The Morgan fingerprint density at radius 1 is 0.220 bits per heavy atom. The quantitative estimate of drug-likeness (QED) is 0.157. The number of hydrogen-bond donors (Lipinski definition) is 0. The average molecular weight is 1040 g/mol. The normalized spacial score (nSPS) is 14.0. The van der Waals surface area contributed by atoms with Gasteiger partial charge < -0.3 is 8.80 Å². The third-order valence-electron chi connectivity index (χ3n) is 19.3. The standard InChI is InChI=1S/C80H48N2/c1-7-27-49(28-8-1)67-71-73-69-57-41-19-23-43-61(57)79(51-31-11-3-12-32-51,52-33-13-4-14-34-52)63(69)47-59-56-40-22-26-46-66(56)82(75(59)73)78(71)68(50-29-9-2-10-30-50)72-74-70-58-42-20-24-44-62(58)80(53-35-15-5-16-36-53,54-37-17-6-18-38-54)64(70)48-60-55-39-21-25-45-65(55)81(76(60)74)77(67)72/h1-48H. The topological polar surface area (TPSA) is 8.82 Å². The number of para-hydroxylation sites is 2. The van der Waals surface area contributed by atoms with Crippen LogP contribution in [0.2, 0.25) is 0 Å². The lowest BCUT2D eigenvalue weighted by atomic mass is 9.67. The molecule has 17 aromatic rings. The second-order valence-corrected chi connectivity index (χ2v) is 22.8. The van der Waals surface area contributed by atoms with Crippen molar-refractivity contribution < 1.29 is 0 Å². The molecule has 0 saturated heterocycles. The highest BCUT2D eigenvalue weighted by atomic mass is 14.9. The van der Waals surface area contributed by atoms with Gasteiger partial charge in [0.25, 0.3) is 0 Å². The van der Waals surface area contributed by atoms with Crippen molar-refractivity contribution in [2.75, 3.05) is 0 Å². The van der Waals surface area contributed by atoms with Crippen LogP contribution in [0.3, 0.4) is 0 Å². The molecule has 0 fully saturated rings.